The van der Waals surface area contributed by atoms with Crippen molar-refractivity contribution in [3.05, 3.63) is 83.6 Å². The molecule has 4 rings (SSSR count). The van der Waals surface area contributed by atoms with Crippen LogP contribution >= 0.6 is 0 Å². The molecule has 0 saturated carbocycles. The van der Waals surface area contributed by atoms with E-state index < -0.39 is 5.97 Å². The van der Waals surface area contributed by atoms with Crippen LogP contribution in [0.1, 0.15) is 35.3 Å². The van der Waals surface area contributed by atoms with Crippen LogP contribution in [0.5, 0.6) is 11.5 Å². The van der Waals surface area contributed by atoms with Gasteiger partial charge in [-0.2, -0.15) is 0 Å². The quantitative estimate of drug-likeness (QED) is 0.216. The first-order chi connectivity index (χ1) is 17.9. The summed E-state index contributed by atoms with van der Waals surface area (Å²) in [5.41, 5.74) is 5.93. The molecule has 0 unspecified atom stereocenters. The summed E-state index contributed by atoms with van der Waals surface area (Å²) in [5, 5.41) is 3.74. The number of amides is 1. The Bertz CT molecular complexity index is 1480. The highest BCUT2D eigenvalue weighted by Gasteiger charge is 2.19. The second-order valence-electron chi connectivity index (χ2n) is 8.45. The predicted molar refractivity (Wildman–Crippen MR) is 144 cm³/mol. The van der Waals surface area contributed by atoms with Gasteiger partial charge in [0.15, 0.2) is 0 Å². The van der Waals surface area contributed by atoms with Gasteiger partial charge in [-0.25, -0.2) is 4.79 Å². The van der Waals surface area contributed by atoms with Gasteiger partial charge >= 0.3 is 5.97 Å². The highest BCUT2D eigenvalue weighted by atomic mass is 16.5. The number of fused-ring (bicyclic) bond motifs is 1. The van der Waals surface area contributed by atoms with Crippen LogP contribution in [-0.2, 0) is 9.53 Å². The third kappa shape index (κ3) is 5.35. The first-order valence-corrected chi connectivity index (χ1v) is 11.9. The third-order valence-electron chi connectivity index (χ3n) is 6.06. The number of carbonyl (C=O) groups excluding carboxylic acids is 2. The van der Waals surface area contributed by atoms with Crippen LogP contribution < -0.4 is 14.8 Å². The second kappa shape index (κ2) is 11.0. The van der Waals surface area contributed by atoms with Crippen LogP contribution in [0, 0.1) is 6.92 Å². The lowest BCUT2D eigenvalue weighted by molar-refractivity contribution is -0.111. The number of esters is 1. The molecular formula is C30H29NO6. The number of methoxy groups -OCH3 is 2. The number of aryl methyl sites for hydroxylation is 1. The van der Waals surface area contributed by atoms with Crippen LogP contribution in [0.25, 0.3) is 27.7 Å². The van der Waals surface area contributed by atoms with Crippen molar-refractivity contribution in [3.63, 3.8) is 0 Å². The molecule has 0 aliphatic heterocycles. The summed E-state index contributed by atoms with van der Waals surface area (Å²) in [6.45, 7) is 5.84. The van der Waals surface area contributed by atoms with E-state index in [1.165, 1.54) is 6.08 Å². The molecule has 1 N–H and O–H groups in total. The Morgan fingerprint density at radius 3 is 2.46 bits per heavy atom. The Morgan fingerprint density at radius 1 is 1.03 bits per heavy atom. The third-order valence-corrected chi connectivity index (χ3v) is 6.06. The molecule has 0 bridgehead atoms. The molecule has 0 aliphatic rings. The van der Waals surface area contributed by atoms with Crippen molar-refractivity contribution in [1.29, 1.82) is 0 Å². The van der Waals surface area contributed by atoms with E-state index in [9.17, 15) is 9.59 Å². The molecule has 0 aliphatic carbocycles. The van der Waals surface area contributed by atoms with E-state index >= 15 is 0 Å². The topological polar surface area (TPSA) is 87.0 Å². The van der Waals surface area contributed by atoms with E-state index in [0.717, 1.165) is 44.5 Å². The number of furan rings is 1. The Balaban J connectivity index is 1.66. The molecule has 1 amide bonds. The van der Waals surface area contributed by atoms with Crippen molar-refractivity contribution in [2.75, 3.05) is 26.1 Å². The van der Waals surface area contributed by atoms with Crippen LogP contribution in [0.3, 0.4) is 0 Å². The summed E-state index contributed by atoms with van der Waals surface area (Å²) in [5.74, 6) is 0.683. The number of ether oxygens (including phenoxy) is 3. The van der Waals surface area contributed by atoms with Crippen molar-refractivity contribution in [1.82, 2.24) is 0 Å². The first-order valence-electron chi connectivity index (χ1n) is 11.9. The minimum Gasteiger partial charge on any atom is -0.497 e. The number of carbonyl (C=O) groups is 2. The van der Waals surface area contributed by atoms with Gasteiger partial charge in [0.05, 0.1) is 32.7 Å². The van der Waals surface area contributed by atoms with Crippen molar-refractivity contribution < 1.29 is 28.2 Å². The molecule has 0 fully saturated rings. The van der Waals surface area contributed by atoms with E-state index in [2.05, 4.69) is 5.32 Å². The lowest BCUT2D eigenvalue weighted by atomic mass is 9.96. The SMILES string of the molecule is CCOC(=O)c1ccc(NC(=O)/C=C(\C)c2cc3c(-c4cccc(OC)c4)coc3c(C)c2OC)cc1. The monoisotopic (exact) mass is 499 g/mol. The average Bonchev–Trinajstić information content (AvgIpc) is 3.33. The van der Waals surface area contributed by atoms with Gasteiger partial charge in [0, 0.05) is 33.8 Å². The molecular weight excluding hydrogens is 470 g/mol. The maximum atomic E-state index is 12.8. The van der Waals surface area contributed by atoms with E-state index in [0.29, 0.717) is 23.6 Å². The van der Waals surface area contributed by atoms with E-state index in [1.54, 1.807) is 51.7 Å². The fourth-order valence-corrected chi connectivity index (χ4v) is 4.24. The number of hydrogen-bond donors (Lipinski definition) is 1. The van der Waals surface area contributed by atoms with Crippen LogP contribution in [-0.4, -0.2) is 32.7 Å². The number of rotatable bonds is 8. The maximum Gasteiger partial charge on any atom is 0.338 e. The van der Waals surface area contributed by atoms with Crippen molar-refractivity contribution in [3.8, 4) is 22.6 Å². The van der Waals surface area contributed by atoms with Gasteiger partial charge in [0.2, 0.25) is 5.91 Å². The van der Waals surface area contributed by atoms with Gasteiger partial charge in [-0.15, -0.1) is 0 Å². The number of allylic oxidation sites excluding steroid dienone is 1. The van der Waals surface area contributed by atoms with Gasteiger partial charge in [0.1, 0.15) is 17.1 Å². The summed E-state index contributed by atoms with van der Waals surface area (Å²) in [6.07, 6.45) is 3.25. The molecule has 0 radical (unpaired) electrons. The summed E-state index contributed by atoms with van der Waals surface area (Å²) in [6, 6.07) is 16.3. The number of hydrogen-bond acceptors (Lipinski definition) is 6. The fraction of sp³-hybridized carbons (Fsp3) is 0.200. The Kier molecular flexibility index (Phi) is 7.63. The van der Waals surface area contributed by atoms with Crippen LogP contribution in [0.2, 0.25) is 0 Å². The lowest BCUT2D eigenvalue weighted by Crippen LogP contribution is -2.09. The highest BCUT2D eigenvalue weighted by Crippen LogP contribution is 2.41. The predicted octanol–water partition coefficient (Wildman–Crippen LogP) is 6.64. The Morgan fingerprint density at radius 2 is 1.78 bits per heavy atom. The second-order valence-corrected chi connectivity index (χ2v) is 8.45. The molecule has 1 heterocycles. The summed E-state index contributed by atoms with van der Waals surface area (Å²) in [7, 11) is 3.23. The van der Waals surface area contributed by atoms with Crippen molar-refractivity contribution in [2.24, 2.45) is 0 Å². The van der Waals surface area contributed by atoms with Gasteiger partial charge in [-0.1, -0.05) is 12.1 Å². The summed E-state index contributed by atoms with van der Waals surface area (Å²) >= 11 is 0. The molecule has 7 heteroatoms. The molecule has 3 aromatic carbocycles. The van der Waals surface area contributed by atoms with Crippen molar-refractivity contribution >= 4 is 34.1 Å². The summed E-state index contributed by atoms with van der Waals surface area (Å²) < 4.78 is 22.0. The number of nitrogens with one attached hydrogen (secondary N) is 1. The Hall–Kier alpha value is -4.52. The van der Waals surface area contributed by atoms with E-state index in [4.69, 9.17) is 18.6 Å². The standard InChI is InChI=1S/C30H29NO6/c1-6-36-30(33)20-10-12-22(13-11-20)31-27(32)14-18(2)24-16-25-26(21-8-7-9-23(15-21)34-4)17-37-29(25)19(3)28(24)35-5/h7-17H,6H2,1-5H3,(H,31,32)/b18-14+. The van der Waals surface area contributed by atoms with E-state index in [-0.39, 0.29) is 5.91 Å². The molecule has 7 nitrogen and oxygen atoms in total. The zero-order valence-electron chi connectivity index (χ0n) is 21.5. The van der Waals surface area contributed by atoms with Gasteiger partial charge in [-0.3, -0.25) is 4.79 Å². The highest BCUT2D eigenvalue weighted by molar-refractivity contribution is 6.06. The first kappa shape index (κ1) is 25.6. The largest absolute Gasteiger partial charge is 0.497 e. The normalized spacial score (nSPS) is 11.3. The minimum atomic E-state index is -0.401. The van der Waals surface area contributed by atoms with Crippen molar-refractivity contribution in [2.45, 2.75) is 20.8 Å². The smallest absolute Gasteiger partial charge is 0.338 e. The number of benzene rings is 3. The van der Waals surface area contributed by atoms with Crippen LogP contribution in [0.4, 0.5) is 5.69 Å². The molecule has 1 aromatic heterocycles. The van der Waals surface area contributed by atoms with Crippen LogP contribution in [0.15, 0.2) is 71.4 Å². The van der Waals surface area contributed by atoms with Gasteiger partial charge in [0.25, 0.3) is 0 Å². The van der Waals surface area contributed by atoms with Gasteiger partial charge in [-0.05, 0) is 74.4 Å². The lowest BCUT2D eigenvalue weighted by Gasteiger charge is -2.13. The zero-order chi connectivity index (χ0) is 26.5. The molecule has 37 heavy (non-hydrogen) atoms. The average molecular weight is 500 g/mol. The molecule has 0 spiro atoms. The summed E-state index contributed by atoms with van der Waals surface area (Å²) in [4.78, 5) is 24.7. The zero-order valence-corrected chi connectivity index (χ0v) is 21.5. The molecule has 0 saturated heterocycles. The molecule has 4 aromatic rings. The number of anilines is 1. The fourth-order valence-electron chi connectivity index (χ4n) is 4.24. The van der Waals surface area contributed by atoms with E-state index in [1.807, 2.05) is 44.2 Å². The minimum absolute atomic E-state index is 0.302. The maximum absolute atomic E-state index is 12.8. The van der Waals surface area contributed by atoms with Gasteiger partial charge < -0.3 is 23.9 Å². The Labute approximate surface area is 215 Å². The molecule has 190 valence electrons. The molecule has 0 atom stereocenters.